The summed E-state index contributed by atoms with van der Waals surface area (Å²) >= 11 is 0. The van der Waals surface area contributed by atoms with Crippen molar-refractivity contribution in [3.8, 4) is 0 Å². The first kappa shape index (κ1) is 10.4. The molecule has 1 N–H and O–H groups in total. The summed E-state index contributed by atoms with van der Waals surface area (Å²) in [5.41, 5.74) is -0.162. The number of rotatable bonds is 3. The van der Waals surface area contributed by atoms with E-state index in [2.05, 4.69) is 27.9 Å². The molecule has 1 fully saturated rings. The highest BCUT2D eigenvalue weighted by Crippen LogP contribution is 2.32. The number of nitrogens with zero attached hydrogens (tertiary/aromatic N) is 1. The van der Waals surface area contributed by atoms with Crippen LogP contribution < -0.4 is 0 Å². The van der Waals surface area contributed by atoms with Crippen molar-refractivity contribution in [3.63, 3.8) is 0 Å². The van der Waals surface area contributed by atoms with Crippen LogP contribution in [0.4, 0.5) is 0 Å². The third kappa shape index (κ3) is 2.17. The van der Waals surface area contributed by atoms with Crippen molar-refractivity contribution in [3.05, 3.63) is 0 Å². The fourth-order valence-electron chi connectivity index (χ4n) is 1.44. The molecule has 0 aromatic carbocycles. The van der Waals surface area contributed by atoms with Crippen molar-refractivity contribution in [1.29, 1.82) is 0 Å². The van der Waals surface area contributed by atoms with Crippen molar-refractivity contribution in [2.45, 2.75) is 38.5 Å². The highest BCUT2D eigenvalue weighted by molar-refractivity contribution is 7.13. The molecule has 3 nitrogen and oxygen atoms in total. The quantitative estimate of drug-likeness (QED) is 0.675. The average Bonchev–Trinajstić information content (AvgIpc) is 2.26. The van der Waals surface area contributed by atoms with E-state index in [9.17, 15) is 0 Å². The Morgan fingerprint density at radius 1 is 1.67 bits per heavy atom. The molecule has 0 aromatic heterocycles. The van der Waals surface area contributed by atoms with Crippen molar-refractivity contribution in [2.24, 2.45) is 0 Å². The van der Waals surface area contributed by atoms with Gasteiger partial charge in [0.2, 0.25) is 0 Å². The Labute approximate surface area is 76.3 Å². The molecular formula is C8H18NO2P. The molecule has 0 aliphatic carbocycles. The molecule has 0 aromatic rings. The maximum atomic E-state index is 8.68. The van der Waals surface area contributed by atoms with Crippen LogP contribution in [-0.2, 0) is 4.74 Å². The normalized spacial score (nSPS) is 29.5. The van der Waals surface area contributed by atoms with E-state index < -0.39 is 0 Å². The first-order chi connectivity index (χ1) is 5.58. The third-order valence-corrected chi connectivity index (χ3v) is 3.38. The summed E-state index contributed by atoms with van der Waals surface area (Å²) in [4.78, 5) is 0. The second-order valence-electron chi connectivity index (χ2n) is 3.68. The molecular weight excluding hydrogens is 173 g/mol. The van der Waals surface area contributed by atoms with Crippen LogP contribution >= 0.6 is 9.39 Å². The molecule has 1 aliphatic heterocycles. The van der Waals surface area contributed by atoms with Gasteiger partial charge >= 0.3 is 0 Å². The smallest absolute Gasteiger partial charge is 0.119 e. The molecule has 1 heterocycles. The van der Waals surface area contributed by atoms with Crippen LogP contribution in [0.2, 0.25) is 0 Å². The van der Waals surface area contributed by atoms with E-state index in [0.717, 1.165) is 19.4 Å². The fraction of sp³-hybridized carbons (Fsp3) is 1.00. The summed E-state index contributed by atoms with van der Waals surface area (Å²) < 4.78 is 7.74. The number of hydrogen-bond donors (Lipinski definition) is 1. The Hall–Kier alpha value is 0.310. The fourth-order valence-corrected chi connectivity index (χ4v) is 1.75. The Kier molecular flexibility index (Phi) is 3.47. The number of hydrogen-bond acceptors (Lipinski definition) is 3. The van der Waals surface area contributed by atoms with Crippen molar-refractivity contribution >= 4 is 9.39 Å². The minimum absolute atomic E-state index is 0.162. The summed E-state index contributed by atoms with van der Waals surface area (Å²) in [6, 6.07) is 0.442. The van der Waals surface area contributed by atoms with Gasteiger partial charge in [0.1, 0.15) is 5.72 Å². The lowest BCUT2D eigenvalue weighted by molar-refractivity contribution is -0.0124. The van der Waals surface area contributed by atoms with Crippen LogP contribution in [-0.4, -0.2) is 34.8 Å². The molecule has 1 unspecified atom stereocenters. The lowest BCUT2D eigenvalue weighted by Crippen LogP contribution is -2.35. The number of ether oxygens (including phenoxy) is 1. The Bertz CT molecular complexity index is 152. The first-order valence-electron chi connectivity index (χ1n) is 4.37. The molecule has 0 spiro atoms. The van der Waals surface area contributed by atoms with Gasteiger partial charge in [-0.05, 0) is 26.7 Å². The molecule has 1 rings (SSSR count). The maximum absolute atomic E-state index is 8.68. The second kappa shape index (κ2) is 4.01. The van der Waals surface area contributed by atoms with Gasteiger partial charge in [0.05, 0.1) is 6.61 Å². The molecule has 12 heavy (non-hydrogen) atoms. The van der Waals surface area contributed by atoms with E-state index in [-0.39, 0.29) is 12.3 Å². The third-order valence-electron chi connectivity index (χ3n) is 2.34. The van der Waals surface area contributed by atoms with E-state index in [4.69, 9.17) is 9.84 Å². The van der Waals surface area contributed by atoms with Gasteiger partial charge in [-0.15, -0.1) is 0 Å². The predicted octanol–water partition coefficient (Wildman–Crippen LogP) is 0.986. The predicted molar refractivity (Wildman–Crippen MR) is 51.7 cm³/mol. The minimum Gasteiger partial charge on any atom is -0.396 e. The summed E-state index contributed by atoms with van der Waals surface area (Å²) in [6.07, 6.45) is 1.86. The van der Waals surface area contributed by atoms with Crippen molar-refractivity contribution < 1.29 is 9.84 Å². The van der Waals surface area contributed by atoms with E-state index in [0.29, 0.717) is 6.04 Å². The summed E-state index contributed by atoms with van der Waals surface area (Å²) in [7, 11) is 2.70. The first-order valence-corrected chi connectivity index (χ1v) is 4.88. The summed E-state index contributed by atoms with van der Waals surface area (Å²) in [5, 5.41) is 8.68. The molecule has 4 heteroatoms. The average molecular weight is 191 g/mol. The van der Waals surface area contributed by atoms with Gasteiger partial charge in [0.25, 0.3) is 0 Å². The van der Waals surface area contributed by atoms with E-state index in [1.165, 1.54) is 0 Å². The molecule has 2 atom stereocenters. The number of aliphatic hydroxyl groups excluding tert-OH is 1. The van der Waals surface area contributed by atoms with Crippen LogP contribution in [0.5, 0.6) is 0 Å². The number of aliphatic hydroxyl groups is 1. The summed E-state index contributed by atoms with van der Waals surface area (Å²) in [5.74, 6) is 0. The van der Waals surface area contributed by atoms with E-state index in [1.54, 1.807) is 0 Å². The van der Waals surface area contributed by atoms with Crippen molar-refractivity contribution in [2.75, 3.05) is 13.2 Å². The van der Waals surface area contributed by atoms with Gasteiger partial charge in [-0.2, -0.15) is 0 Å². The minimum atomic E-state index is -0.162. The highest BCUT2D eigenvalue weighted by atomic mass is 31.0. The van der Waals surface area contributed by atoms with Crippen LogP contribution in [0.15, 0.2) is 0 Å². The molecule has 0 radical (unpaired) electrons. The zero-order valence-corrected chi connectivity index (χ0v) is 8.94. The Morgan fingerprint density at radius 3 is 2.75 bits per heavy atom. The van der Waals surface area contributed by atoms with Crippen LogP contribution in [0, 0.1) is 0 Å². The largest absolute Gasteiger partial charge is 0.396 e. The lowest BCUT2D eigenvalue weighted by Gasteiger charge is -2.28. The lowest BCUT2D eigenvalue weighted by atomic mass is 10.2. The SMILES string of the molecule is CC1(C)OC[C@H](CCCO)N1P. The molecule has 0 bridgehead atoms. The van der Waals surface area contributed by atoms with Crippen molar-refractivity contribution in [1.82, 2.24) is 4.67 Å². The van der Waals surface area contributed by atoms with Gasteiger partial charge in [0.15, 0.2) is 0 Å². The van der Waals surface area contributed by atoms with Gasteiger partial charge in [0, 0.05) is 12.6 Å². The van der Waals surface area contributed by atoms with Gasteiger partial charge in [-0.3, -0.25) is 4.67 Å². The Balaban J connectivity index is 2.39. The monoisotopic (exact) mass is 191 g/mol. The molecule has 72 valence electrons. The molecule has 1 saturated heterocycles. The standard InChI is InChI=1S/C8H18NO2P/c1-8(2)9(12)7(6-11-8)4-3-5-10/h7,10H,3-6,12H2,1-2H3/t7-/m0/s1. The maximum Gasteiger partial charge on any atom is 0.119 e. The molecule has 0 saturated carbocycles. The second-order valence-corrected chi connectivity index (χ2v) is 4.24. The van der Waals surface area contributed by atoms with E-state index >= 15 is 0 Å². The summed E-state index contributed by atoms with van der Waals surface area (Å²) in [6.45, 7) is 5.16. The highest BCUT2D eigenvalue weighted by Gasteiger charge is 2.37. The van der Waals surface area contributed by atoms with Gasteiger partial charge in [-0.1, -0.05) is 9.39 Å². The molecule has 0 amide bonds. The zero-order chi connectivity index (χ0) is 9.19. The zero-order valence-electron chi connectivity index (χ0n) is 7.79. The van der Waals surface area contributed by atoms with E-state index in [1.807, 2.05) is 0 Å². The van der Waals surface area contributed by atoms with Crippen LogP contribution in [0.1, 0.15) is 26.7 Å². The topological polar surface area (TPSA) is 32.7 Å². The Morgan fingerprint density at radius 2 is 2.33 bits per heavy atom. The van der Waals surface area contributed by atoms with Gasteiger partial charge in [-0.25, -0.2) is 0 Å². The molecule has 1 aliphatic rings. The van der Waals surface area contributed by atoms with Crippen LogP contribution in [0.25, 0.3) is 0 Å². The van der Waals surface area contributed by atoms with Gasteiger partial charge < -0.3 is 9.84 Å². The van der Waals surface area contributed by atoms with Crippen LogP contribution in [0.3, 0.4) is 0 Å².